The molecule has 0 aliphatic carbocycles. The number of carbonyl (C=O) groups is 3. The molecule has 8 heteroatoms. The number of aromatic nitrogens is 2. The smallest absolute Gasteiger partial charge is 0.305 e. The SMILES string of the molecule is CC[C@@H](C(=O)NC(C=O)CC(=O)O)n1cnc2ccccc2c1=O. The number of hydrogen-bond donors (Lipinski definition) is 2. The fourth-order valence-corrected chi connectivity index (χ4v) is 2.41. The standard InChI is InChI=1S/C16H17N3O5/c1-2-13(15(23)18-10(8-20)7-14(21)22)19-9-17-12-6-4-3-5-11(12)16(19)24/h3-6,8-10,13H,2,7H2,1H3,(H,18,23)(H,21,22)/t10?,13-/m0/s1. The number of amides is 1. The van der Waals surface area contributed by atoms with E-state index in [-0.39, 0.29) is 12.0 Å². The number of carboxylic acid groups (broad SMARTS) is 1. The van der Waals surface area contributed by atoms with Crippen LogP contribution < -0.4 is 10.9 Å². The molecule has 1 aromatic carbocycles. The molecule has 0 aliphatic heterocycles. The van der Waals surface area contributed by atoms with Crippen LogP contribution in [0.4, 0.5) is 0 Å². The fourth-order valence-electron chi connectivity index (χ4n) is 2.41. The van der Waals surface area contributed by atoms with Crippen LogP contribution in [0.3, 0.4) is 0 Å². The Morgan fingerprint density at radius 2 is 2.08 bits per heavy atom. The zero-order valence-electron chi connectivity index (χ0n) is 13.0. The molecule has 0 saturated heterocycles. The summed E-state index contributed by atoms with van der Waals surface area (Å²) in [4.78, 5) is 50.7. The summed E-state index contributed by atoms with van der Waals surface area (Å²) in [5.74, 6) is -1.81. The van der Waals surface area contributed by atoms with Gasteiger partial charge in [0, 0.05) is 0 Å². The van der Waals surface area contributed by atoms with Gasteiger partial charge in [-0.15, -0.1) is 0 Å². The highest BCUT2D eigenvalue weighted by Crippen LogP contribution is 2.12. The molecular weight excluding hydrogens is 314 g/mol. The normalized spacial score (nSPS) is 13.2. The van der Waals surface area contributed by atoms with E-state index in [2.05, 4.69) is 10.3 Å². The molecule has 1 unspecified atom stereocenters. The first-order chi connectivity index (χ1) is 11.5. The monoisotopic (exact) mass is 331 g/mol. The molecule has 0 saturated carbocycles. The van der Waals surface area contributed by atoms with Crippen LogP contribution in [0.25, 0.3) is 10.9 Å². The topological polar surface area (TPSA) is 118 Å². The summed E-state index contributed by atoms with van der Waals surface area (Å²) < 4.78 is 1.19. The molecular formula is C16H17N3O5. The molecule has 8 nitrogen and oxygen atoms in total. The third-order valence-electron chi connectivity index (χ3n) is 3.60. The minimum Gasteiger partial charge on any atom is -0.481 e. The predicted molar refractivity (Wildman–Crippen MR) is 85.6 cm³/mol. The van der Waals surface area contributed by atoms with Crippen LogP contribution in [0.1, 0.15) is 25.8 Å². The lowest BCUT2D eigenvalue weighted by atomic mass is 10.1. The van der Waals surface area contributed by atoms with Crippen molar-refractivity contribution in [3.8, 4) is 0 Å². The third-order valence-corrected chi connectivity index (χ3v) is 3.60. The summed E-state index contributed by atoms with van der Waals surface area (Å²) in [7, 11) is 0. The molecule has 2 atom stereocenters. The molecule has 1 heterocycles. The Balaban J connectivity index is 2.32. The van der Waals surface area contributed by atoms with E-state index in [4.69, 9.17) is 5.11 Å². The van der Waals surface area contributed by atoms with Gasteiger partial charge in [0.15, 0.2) is 0 Å². The van der Waals surface area contributed by atoms with Crippen LogP contribution in [0.2, 0.25) is 0 Å². The molecule has 0 spiro atoms. The first kappa shape index (κ1) is 17.3. The van der Waals surface area contributed by atoms with Crippen LogP contribution in [0.15, 0.2) is 35.4 Å². The maximum Gasteiger partial charge on any atom is 0.305 e. The van der Waals surface area contributed by atoms with Crippen molar-refractivity contribution in [2.24, 2.45) is 0 Å². The van der Waals surface area contributed by atoms with Gasteiger partial charge in [-0.05, 0) is 18.6 Å². The molecule has 1 aromatic heterocycles. The Morgan fingerprint density at radius 3 is 2.71 bits per heavy atom. The van der Waals surface area contributed by atoms with Crippen LogP contribution in [0, 0.1) is 0 Å². The lowest BCUT2D eigenvalue weighted by molar-refractivity contribution is -0.139. The number of carboxylic acids is 1. The number of hydrogen-bond acceptors (Lipinski definition) is 5. The Labute approximate surface area is 137 Å². The van der Waals surface area contributed by atoms with E-state index in [0.29, 0.717) is 17.2 Å². The number of aldehydes is 1. The van der Waals surface area contributed by atoms with Crippen molar-refractivity contribution < 1.29 is 19.5 Å². The van der Waals surface area contributed by atoms with E-state index in [1.54, 1.807) is 31.2 Å². The Bertz CT molecular complexity index is 830. The third kappa shape index (κ3) is 3.65. The van der Waals surface area contributed by atoms with Crippen molar-refractivity contribution in [2.45, 2.75) is 31.8 Å². The van der Waals surface area contributed by atoms with Gasteiger partial charge in [-0.25, -0.2) is 4.98 Å². The van der Waals surface area contributed by atoms with E-state index in [1.165, 1.54) is 10.9 Å². The average molecular weight is 331 g/mol. The van der Waals surface area contributed by atoms with Gasteiger partial charge in [-0.2, -0.15) is 0 Å². The number of aliphatic carboxylic acids is 1. The first-order valence-electron chi connectivity index (χ1n) is 7.41. The van der Waals surface area contributed by atoms with E-state index < -0.39 is 30.4 Å². The molecule has 2 rings (SSSR count). The van der Waals surface area contributed by atoms with E-state index in [1.807, 2.05) is 0 Å². The first-order valence-corrected chi connectivity index (χ1v) is 7.41. The van der Waals surface area contributed by atoms with Gasteiger partial charge in [0.2, 0.25) is 5.91 Å². The fraction of sp³-hybridized carbons (Fsp3) is 0.312. The second-order valence-corrected chi connectivity index (χ2v) is 5.25. The summed E-state index contributed by atoms with van der Waals surface area (Å²) in [5, 5.41) is 11.5. The number of rotatable bonds is 7. The van der Waals surface area contributed by atoms with Gasteiger partial charge in [-0.1, -0.05) is 19.1 Å². The summed E-state index contributed by atoms with van der Waals surface area (Å²) >= 11 is 0. The minimum atomic E-state index is -1.20. The van der Waals surface area contributed by atoms with E-state index in [9.17, 15) is 19.2 Å². The van der Waals surface area contributed by atoms with Crippen LogP contribution >= 0.6 is 0 Å². The van der Waals surface area contributed by atoms with Gasteiger partial charge in [-0.3, -0.25) is 19.0 Å². The maximum absolute atomic E-state index is 12.5. The van der Waals surface area contributed by atoms with E-state index in [0.717, 1.165) is 0 Å². The highest BCUT2D eigenvalue weighted by molar-refractivity contribution is 5.85. The minimum absolute atomic E-state index is 0.282. The number of para-hydroxylation sites is 1. The number of fused-ring (bicyclic) bond motifs is 1. The second-order valence-electron chi connectivity index (χ2n) is 5.25. The largest absolute Gasteiger partial charge is 0.481 e. The predicted octanol–water partition coefficient (Wildman–Crippen LogP) is 0.506. The highest BCUT2D eigenvalue weighted by atomic mass is 16.4. The highest BCUT2D eigenvalue weighted by Gasteiger charge is 2.24. The molecule has 1 amide bonds. The Morgan fingerprint density at radius 1 is 1.38 bits per heavy atom. The number of nitrogens with one attached hydrogen (secondary N) is 1. The Kier molecular flexibility index (Phi) is 5.41. The van der Waals surface area contributed by atoms with Gasteiger partial charge >= 0.3 is 5.97 Å². The van der Waals surface area contributed by atoms with Crippen molar-refractivity contribution in [1.82, 2.24) is 14.9 Å². The zero-order chi connectivity index (χ0) is 17.7. The summed E-state index contributed by atoms with van der Waals surface area (Å²) in [5.41, 5.74) is 0.147. The van der Waals surface area contributed by atoms with Crippen molar-refractivity contribution in [3.05, 3.63) is 40.9 Å². The molecule has 2 N–H and O–H groups in total. The van der Waals surface area contributed by atoms with Gasteiger partial charge in [0.1, 0.15) is 12.3 Å². The molecule has 0 bridgehead atoms. The van der Waals surface area contributed by atoms with Crippen molar-refractivity contribution in [1.29, 1.82) is 0 Å². The zero-order valence-corrected chi connectivity index (χ0v) is 13.0. The molecule has 0 aliphatic rings. The van der Waals surface area contributed by atoms with Gasteiger partial charge in [0.25, 0.3) is 5.56 Å². The molecule has 126 valence electrons. The summed E-state index contributed by atoms with van der Waals surface area (Å²) in [6, 6.07) is 4.73. The number of nitrogens with zero attached hydrogens (tertiary/aromatic N) is 2. The second kappa shape index (κ2) is 7.49. The molecule has 0 fully saturated rings. The number of carbonyl (C=O) groups excluding carboxylic acids is 2. The molecule has 0 radical (unpaired) electrons. The van der Waals surface area contributed by atoms with Crippen LogP contribution in [0.5, 0.6) is 0 Å². The van der Waals surface area contributed by atoms with Crippen molar-refractivity contribution in [3.63, 3.8) is 0 Å². The molecule has 24 heavy (non-hydrogen) atoms. The Hall–Kier alpha value is -3.03. The average Bonchev–Trinajstić information content (AvgIpc) is 2.56. The van der Waals surface area contributed by atoms with Crippen LogP contribution in [-0.4, -0.2) is 38.9 Å². The molecule has 2 aromatic rings. The lowest BCUT2D eigenvalue weighted by Gasteiger charge is -2.19. The van der Waals surface area contributed by atoms with Gasteiger partial charge in [0.05, 0.1) is 29.7 Å². The quantitative estimate of drug-likeness (QED) is 0.714. The van der Waals surface area contributed by atoms with Crippen molar-refractivity contribution >= 4 is 29.1 Å². The maximum atomic E-state index is 12.5. The lowest BCUT2D eigenvalue weighted by Crippen LogP contribution is -2.43. The van der Waals surface area contributed by atoms with E-state index >= 15 is 0 Å². The summed E-state index contributed by atoms with van der Waals surface area (Å²) in [6.07, 6.45) is 1.41. The van der Waals surface area contributed by atoms with Crippen molar-refractivity contribution in [2.75, 3.05) is 0 Å². The number of benzene rings is 1. The summed E-state index contributed by atoms with van der Waals surface area (Å²) in [6.45, 7) is 1.71. The van der Waals surface area contributed by atoms with Gasteiger partial charge < -0.3 is 15.2 Å². The van der Waals surface area contributed by atoms with Crippen LogP contribution in [-0.2, 0) is 14.4 Å².